The van der Waals surface area contributed by atoms with Gasteiger partial charge in [0.1, 0.15) is 5.58 Å². The summed E-state index contributed by atoms with van der Waals surface area (Å²) in [4.78, 5) is 11.9. The molecule has 1 saturated carbocycles. The number of para-hydroxylation sites is 1. The number of aryl methyl sites for hydroxylation is 1. The first-order valence-corrected chi connectivity index (χ1v) is 5.85. The highest BCUT2D eigenvalue weighted by Crippen LogP contribution is 2.34. The van der Waals surface area contributed by atoms with Gasteiger partial charge < -0.3 is 4.42 Å². The lowest BCUT2D eigenvalue weighted by Gasteiger charge is -1.96. The SMILES string of the molecule is CCc1cccc2cc(C(=O)C3CC3)oc12. The van der Waals surface area contributed by atoms with Crippen molar-refractivity contribution < 1.29 is 9.21 Å². The van der Waals surface area contributed by atoms with Crippen LogP contribution in [0, 0.1) is 5.92 Å². The maximum Gasteiger partial charge on any atom is 0.201 e. The molecule has 1 heterocycles. The fourth-order valence-corrected chi connectivity index (χ4v) is 2.07. The van der Waals surface area contributed by atoms with Crippen molar-refractivity contribution >= 4 is 16.8 Å². The van der Waals surface area contributed by atoms with E-state index in [1.807, 2.05) is 18.2 Å². The van der Waals surface area contributed by atoms with Gasteiger partial charge in [-0.1, -0.05) is 25.1 Å². The zero-order valence-corrected chi connectivity index (χ0v) is 9.32. The van der Waals surface area contributed by atoms with E-state index in [1.54, 1.807) is 0 Å². The molecular weight excluding hydrogens is 200 g/mol. The summed E-state index contributed by atoms with van der Waals surface area (Å²) >= 11 is 0. The Labute approximate surface area is 94.3 Å². The predicted molar refractivity (Wildman–Crippen MR) is 62.6 cm³/mol. The average Bonchev–Trinajstić information content (AvgIpc) is 3.06. The summed E-state index contributed by atoms with van der Waals surface area (Å²) < 4.78 is 5.70. The molecule has 0 saturated heterocycles. The van der Waals surface area contributed by atoms with E-state index in [-0.39, 0.29) is 11.7 Å². The first kappa shape index (κ1) is 9.64. The van der Waals surface area contributed by atoms with Crippen molar-refractivity contribution in [1.29, 1.82) is 0 Å². The number of hydrogen-bond acceptors (Lipinski definition) is 2. The van der Waals surface area contributed by atoms with E-state index >= 15 is 0 Å². The Morgan fingerprint density at radius 1 is 1.44 bits per heavy atom. The van der Waals surface area contributed by atoms with Crippen molar-refractivity contribution in [2.75, 3.05) is 0 Å². The highest BCUT2D eigenvalue weighted by Gasteiger charge is 2.32. The molecule has 0 radical (unpaired) electrons. The first-order chi connectivity index (χ1) is 7.79. The van der Waals surface area contributed by atoms with Crippen molar-refractivity contribution in [2.45, 2.75) is 26.2 Å². The molecule has 1 aliphatic rings. The fraction of sp³-hybridized carbons (Fsp3) is 0.357. The number of rotatable bonds is 3. The normalized spacial score (nSPS) is 15.6. The number of fused-ring (bicyclic) bond motifs is 1. The molecule has 2 aromatic rings. The van der Waals surface area contributed by atoms with Crippen molar-refractivity contribution in [3.05, 3.63) is 35.6 Å². The minimum atomic E-state index is 0.179. The molecule has 1 aromatic carbocycles. The summed E-state index contributed by atoms with van der Waals surface area (Å²) in [6, 6.07) is 7.95. The van der Waals surface area contributed by atoms with Crippen LogP contribution in [0.5, 0.6) is 0 Å². The van der Waals surface area contributed by atoms with Crippen LogP contribution in [0.25, 0.3) is 11.0 Å². The Kier molecular flexibility index (Phi) is 2.10. The van der Waals surface area contributed by atoms with E-state index in [4.69, 9.17) is 4.42 Å². The minimum Gasteiger partial charge on any atom is -0.453 e. The second-order valence-electron chi connectivity index (χ2n) is 4.44. The number of Topliss-reactive ketones (excluding diaryl/α,β-unsaturated/α-hetero) is 1. The highest BCUT2D eigenvalue weighted by molar-refractivity contribution is 6.00. The first-order valence-electron chi connectivity index (χ1n) is 5.85. The van der Waals surface area contributed by atoms with Gasteiger partial charge in [0.2, 0.25) is 5.78 Å². The lowest BCUT2D eigenvalue weighted by atomic mass is 10.1. The van der Waals surface area contributed by atoms with E-state index in [0.29, 0.717) is 5.76 Å². The van der Waals surface area contributed by atoms with Crippen molar-refractivity contribution in [3.63, 3.8) is 0 Å². The third-order valence-electron chi connectivity index (χ3n) is 3.20. The van der Waals surface area contributed by atoms with E-state index in [9.17, 15) is 4.79 Å². The van der Waals surface area contributed by atoms with Gasteiger partial charge in [0.05, 0.1) is 0 Å². The summed E-state index contributed by atoms with van der Waals surface area (Å²) in [7, 11) is 0. The molecule has 0 aliphatic heterocycles. The Morgan fingerprint density at radius 3 is 2.94 bits per heavy atom. The molecule has 16 heavy (non-hydrogen) atoms. The molecule has 82 valence electrons. The van der Waals surface area contributed by atoms with Crippen LogP contribution in [-0.4, -0.2) is 5.78 Å². The van der Waals surface area contributed by atoms with Crippen molar-refractivity contribution in [2.24, 2.45) is 5.92 Å². The third-order valence-corrected chi connectivity index (χ3v) is 3.20. The molecule has 1 aromatic heterocycles. The smallest absolute Gasteiger partial charge is 0.201 e. The average molecular weight is 214 g/mol. The second-order valence-corrected chi connectivity index (χ2v) is 4.44. The third kappa shape index (κ3) is 1.45. The molecular formula is C14H14O2. The van der Waals surface area contributed by atoms with Crippen LogP contribution in [0.2, 0.25) is 0 Å². The van der Waals surface area contributed by atoms with Crippen molar-refractivity contribution in [3.8, 4) is 0 Å². The molecule has 0 N–H and O–H groups in total. The lowest BCUT2D eigenvalue weighted by Crippen LogP contribution is -1.98. The van der Waals surface area contributed by atoms with Crippen LogP contribution in [0.1, 0.15) is 35.9 Å². The Bertz CT molecular complexity index is 547. The maximum atomic E-state index is 11.9. The van der Waals surface area contributed by atoms with E-state index < -0.39 is 0 Å². The maximum absolute atomic E-state index is 11.9. The van der Waals surface area contributed by atoms with Crippen LogP contribution in [0.15, 0.2) is 28.7 Å². The van der Waals surface area contributed by atoms with Gasteiger partial charge in [0.25, 0.3) is 0 Å². The number of benzene rings is 1. The largest absolute Gasteiger partial charge is 0.453 e. The van der Waals surface area contributed by atoms with Gasteiger partial charge in [-0.15, -0.1) is 0 Å². The Morgan fingerprint density at radius 2 is 2.25 bits per heavy atom. The van der Waals surface area contributed by atoms with Gasteiger partial charge in [0, 0.05) is 11.3 Å². The van der Waals surface area contributed by atoms with Crippen LogP contribution >= 0.6 is 0 Å². The van der Waals surface area contributed by atoms with Gasteiger partial charge in [-0.3, -0.25) is 4.79 Å². The number of hydrogen-bond donors (Lipinski definition) is 0. The van der Waals surface area contributed by atoms with E-state index in [2.05, 4.69) is 13.0 Å². The van der Waals surface area contributed by atoms with Crippen LogP contribution < -0.4 is 0 Å². The molecule has 0 amide bonds. The Balaban J connectivity index is 2.11. The summed E-state index contributed by atoms with van der Waals surface area (Å²) in [6.07, 6.45) is 2.98. The molecule has 0 bridgehead atoms. The molecule has 0 unspecified atom stereocenters. The molecule has 2 nitrogen and oxygen atoms in total. The fourth-order valence-electron chi connectivity index (χ4n) is 2.07. The number of carbonyl (C=O) groups excluding carboxylic acids is 1. The molecule has 1 aliphatic carbocycles. The van der Waals surface area contributed by atoms with Gasteiger partial charge in [0.15, 0.2) is 5.76 Å². The van der Waals surface area contributed by atoms with Crippen LogP contribution in [0.4, 0.5) is 0 Å². The van der Waals surface area contributed by atoms with E-state index in [0.717, 1.165) is 30.2 Å². The zero-order chi connectivity index (χ0) is 11.1. The van der Waals surface area contributed by atoms with Crippen molar-refractivity contribution in [1.82, 2.24) is 0 Å². The number of furan rings is 1. The van der Waals surface area contributed by atoms with Gasteiger partial charge in [-0.05, 0) is 30.9 Å². The standard InChI is InChI=1S/C14H14O2/c1-2-9-4-3-5-11-8-12(16-14(9)11)13(15)10-6-7-10/h3-5,8,10H,2,6-7H2,1H3. The van der Waals surface area contributed by atoms with Gasteiger partial charge in [-0.25, -0.2) is 0 Å². The molecule has 2 heteroatoms. The monoisotopic (exact) mass is 214 g/mol. The van der Waals surface area contributed by atoms with E-state index in [1.165, 1.54) is 5.56 Å². The second kappa shape index (κ2) is 3.48. The Hall–Kier alpha value is -1.57. The summed E-state index contributed by atoms with van der Waals surface area (Å²) in [5.41, 5.74) is 2.06. The van der Waals surface area contributed by atoms with Crippen LogP contribution in [0.3, 0.4) is 0 Å². The predicted octanol–water partition coefficient (Wildman–Crippen LogP) is 3.59. The molecule has 0 spiro atoms. The summed E-state index contributed by atoms with van der Waals surface area (Å²) in [5.74, 6) is 0.947. The molecule has 1 fully saturated rings. The molecule has 3 rings (SSSR count). The quantitative estimate of drug-likeness (QED) is 0.731. The highest BCUT2D eigenvalue weighted by atomic mass is 16.3. The zero-order valence-electron chi connectivity index (χ0n) is 9.32. The number of ketones is 1. The minimum absolute atomic E-state index is 0.179. The lowest BCUT2D eigenvalue weighted by molar-refractivity contribution is 0.0942. The molecule has 0 atom stereocenters. The summed E-state index contributed by atoms with van der Waals surface area (Å²) in [6.45, 7) is 2.10. The summed E-state index contributed by atoms with van der Waals surface area (Å²) in [5, 5.41) is 1.04. The van der Waals surface area contributed by atoms with Gasteiger partial charge >= 0.3 is 0 Å². The topological polar surface area (TPSA) is 30.2 Å². The van der Waals surface area contributed by atoms with Gasteiger partial charge in [-0.2, -0.15) is 0 Å². The number of carbonyl (C=O) groups is 1. The van der Waals surface area contributed by atoms with Crippen LogP contribution in [-0.2, 0) is 6.42 Å².